The molecule has 0 aliphatic carbocycles. The standard InChI is InChI=1S/C13H18N2OS.ClH/c14-10-11-2-4-12(5-3-11)13(16)15-6-1-8-17-9-7-15;/h2-5H,1,6-10,14H2;1H. The molecule has 0 spiro atoms. The first-order valence-corrected chi connectivity index (χ1v) is 7.13. The van der Waals surface area contributed by atoms with Gasteiger partial charge in [-0.3, -0.25) is 4.79 Å². The molecule has 2 rings (SSSR count). The molecule has 2 N–H and O–H groups in total. The zero-order valence-corrected chi connectivity index (χ0v) is 11.9. The largest absolute Gasteiger partial charge is 0.338 e. The number of rotatable bonds is 2. The normalized spacial score (nSPS) is 15.7. The summed E-state index contributed by atoms with van der Waals surface area (Å²) in [5.41, 5.74) is 7.38. The van der Waals surface area contributed by atoms with Gasteiger partial charge in [-0.05, 0) is 29.9 Å². The molecule has 3 nitrogen and oxygen atoms in total. The third-order valence-electron chi connectivity index (χ3n) is 2.95. The van der Waals surface area contributed by atoms with E-state index in [9.17, 15) is 4.79 Å². The minimum Gasteiger partial charge on any atom is -0.338 e. The molecule has 1 aromatic carbocycles. The molecule has 18 heavy (non-hydrogen) atoms. The third kappa shape index (κ3) is 3.90. The third-order valence-corrected chi connectivity index (χ3v) is 3.99. The SMILES string of the molecule is Cl.NCc1ccc(C(=O)N2CCCSCC2)cc1. The lowest BCUT2D eigenvalue weighted by molar-refractivity contribution is 0.0768. The van der Waals surface area contributed by atoms with E-state index in [4.69, 9.17) is 5.73 Å². The van der Waals surface area contributed by atoms with E-state index in [0.29, 0.717) is 6.54 Å². The van der Waals surface area contributed by atoms with Crippen LogP contribution in [0.15, 0.2) is 24.3 Å². The predicted molar refractivity (Wildman–Crippen MR) is 79.4 cm³/mol. The number of halogens is 1. The van der Waals surface area contributed by atoms with Crippen LogP contribution < -0.4 is 5.73 Å². The zero-order chi connectivity index (χ0) is 12.1. The fraction of sp³-hybridized carbons (Fsp3) is 0.462. The van der Waals surface area contributed by atoms with Crippen LogP contribution >= 0.6 is 24.2 Å². The number of nitrogens with two attached hydrogens (primary N) is 1. The zero-order valence-electron chi connectivity index (χ0n) is 10.3. The molecule has 0 aromatic heterocycles. The highest BCUT2D eigenvalue weighted by atomic mass is 35.5. The van der Waals surface area contributed by atoms with Crippen molar-refractivity contribution in [3.05, 3.63) is 35.4 Å². The monoisotopic (exact) mass is 286 g/mol. The van der Waals surface area contributed by atoms with Crippen molar-refractivity contribution in [1.82, 2.24) is 4.90 Å². The van der Waals surface area contributed by atoms with Gasteiger partial charge in [-0.2, -0.15) is 11.8 Å². The van der Waals surface area contributed by atoms with Crippen molar-refractivity contribution in [2.75, 3.05) is 24.6 Å². The number of benzene rings is 1. The molecule has 5 heteroatoms. The minimum atomic E-state index is 0. The van der Waals surface area contributed by atoms with E-state index < -0.39 is 0 Å². The maximum atomic E-state index is 12.2. The Balaban J connectivity index is 0.00000162. The van der Waals surface area contributed by atoms with Crippen LogP contribution in [0.5, 0.6) is 0 Å². The van der Waals surface area contributed by atoms with Crippen LogP contribution in [0, 0.1) is 0 Å². The average molecular weight is 287 g/mol. The van der Waals surface area contributed by atoms with E-state index in [1.54, 1.807) is 0 Å². The molecule has 0 unspecified atom stereocenters. The maximum absolute atomic E-state index is 12.2. The summed E-state index contributed by atoms with van der Waals surface area (Å²) in [7, 11) is 0. The molecule has 1 heterocycles. The van der Waals surface area contributed by atoms with Crippen LogP contribution in [0.2, 0.25) is 0 Å². The Bertz CT molecular complexity index is 375. The second-order valence-corrected chi connectivity index (χ2v) is 5.38. The van der Waals surface area contributed by atoms with Gasteiger partial charge in [0, 0.05) is 31.0 Å². The van der Waals surface area contributed by atoms with Gasteiger partial charge in [0.1, 0.15) is 0 Å². The van der Waals surface area contributed by atoms with Gasteiger partial charge >= 0.3 is 0 Å². The molecular weight excluding hydrogens is 268 g/mol. The van der Waals surface area contributed by atoms with E-state index in [2.05, 4.69) is 0 Å². The highest BCUT2D eigenvalue weighted by Gasteiger charge is 2.16. The number of hydrogen-bond donors (Lipinski definition) is 1. The van der Waals surface area contributed by atoms with Crippen LogP contribution in [-0.4, -0.2) is 35.4 Å². The molecule has 100 valence electrons. The number of nitrogens with zero attached hydrogens (tertiary/aromatic N) is 1. The predicted octanol–water partition coefficient (Wildman–Crippen LogP) is 2.15. The van der Waals surface area contributed by atoms with Gasteiger partial charge in [0.2, 0.25) is 0 Å². The van der Waals surface area contributed by atoms with Gasteiger partial charge in [0.25, 0.3) is 5.91 Å². The van der Waals surface area contributed by atoms with E-state index >= 15 is 0 Å². The van der Waals surface area contributed by atoms with Gasteiger partial charge in [0.05, 0.1) is 0 Å². The molecule has 1 fully saturated rings. The Kier molecular flexibility index (Phi) is 6.54. The Labute approximate surface area is 119 Å². The van der Waals surface area contributed by atoms with Crippen LogP contribution in [0.25, 0.3) is 0 Å². The van der Waals surface area contributed by atoms with Crippen molar-refractivity contribution in [2.45, 2.75) is 13.0 Å². The van der Waals surface area contributed by atoms with E-state index in [1.807, 2.05) is 40.9 Å². The Morgan fingerprint density at radius 3 is 2.61 bits per heavy atom. The summed E-state index contributed by atoms with van der Waals surface area (Å²) in [4.78, 5) is 14.2. The lowest BCUT2D eigenvalue weighted by atomic mass is 10.1. The highest BCUT2D eigenvalue weighted by Crippen LogP contribution is 2.13. The molecular formula is C13H19ClN2OS. The molecule has 1 aromatic rings. The van der Waals surface area contributed by atoms with Crippen molar-refractivity contribution >= 4 is 30.1 Å². The van der Waals surface area contributed by atoms with E-state index in [-0.39, 0.29) is 18.3 Å². The summed E-state index contributed by atoms with van der Waals surface area (Å²) in [6.45, 7) is 2.27. The van der Waals surface area contributed by atoms with Gasteiger partial charge in [-0.15, -0.1) is 12.4 Å². The molecule has 0 saturated carbocycles. The van der Waals surface area contributed by atoms with Gasteiger partial charge in [-0.25, -0.2) is 0 Å². The van der Waals surface area contributed by atoms with Gasteiger partial charge in [-0.1, -0.05) is 12.1 Å². The quantitative estimate of drug-likeness (QED) is 0.906. The fourth-order valence-corrected chi connectivity index (χ4v) is 2.80. The highest BCUT2D eigenvalue weighted by molar-refractivity contribution is 7.99. The number of hydrogen-bond acceptors (Lipinski definition) is 3. The Morgan fingerprint density at radius 2 is 1.94 bits per heavy atom. The van der Waals surface area contributed by atoms with Crippen LogP contribution in [0.4, 0.5) is 0 Å². The minimum absolute atomic E-state index is 0. The molecule has 0 atom stereocenters. The molecule has 1 amide bonds. The van der Waals surface area contributed by atoms with E-state index in [1.165, 1.54) is 0 Å². The maximum Gasteiger partial charge on any atom is 0.253 e. The Morgan fingerprint density at radius 1 is 1.22 bits per heavy atom. The van der Waals surface area contributed by atoms with Gasteiger partial charge in [0.15, 0.2) is 0 Å². The smallest absolute Gasteiger partial charge is 0.253 e. The summed E-state index contributed by atoms with van der Waals surface area (Å²) in [5, 5.41) is 0. The second-order valence-electron chi connectivity index (χ2n) is 4.16. The van der Waals surface area contributed by atoms with Crippen molar-refractivity contribution < 1.29 is 4.79 Å². The van der Waals surface area contributed by atoms with E-state index in [0.717, 1.165) is 42.1 Å². The average Bonchev–Trinajstić information content (AvgIpc) is 2.67. The first-order chi connectivity index (χ1) is 8.31. The number of amides is 1. The first kappa shape index (κ1) is 15.3. The molecule has 1 aliphatic rings. The fourth-order valence-electron chi connectivity index (χ4n) is 1.92. The number of carbonyl (C=O) groups is 1. The molecule has 1 saturated heterocycles. The molecule has 1 aliphatic heterocycles. The summed E-state index contributed by atoms with van der Waals surface area (Å²) in [6.07, 6.45) is 1.09. The van der Waals surface area contributed by atoms with Crippen molar-refractivity contribution in [3.8, 4) is 0 Å². The Hall–Kier alpha value is -0.710. The van der Waals surface area contributed by atoms with Crippen LogP contribution in [-0.2, 0) is 6.54 Å². The summed E-state index contributed by atoms with van der Waals surface area (Å²) in [6, 6.07) is 7.62. The lowest BCUT2D eigenvalue weighted by Gasteiger charge is -2.20. The van der Waals surface area contributed by atoms with Gasteiger partial charge < -0.3 is 10.6 Å². The second kappa shape index (κ2) is 7.67. The van der Waals surface area contributed by atoms with Crippen LogP contribution in [0.1, 0.15) is 22.3 Å². The first-order valence-electron chi connectivity index (χ1n) is 5.97. The summed E-state index contributed by atoms with van der Waals surface area (Å²) < 4.78 is 0. The number of thioether (sulfide) groups is 1. The number of carbonyl (C=O) groups excluding carboxylic acids is 1. The molecule has 0 radical (unpaired) electrons. The lowest BCUT2D eigenvalue weighted by Crippen LogP contribution is -2.32. The van der Waals surface area contributed by atoms with Crippen molar-refractivity contribution in [2.24, 2.45) is 5.73 Å². The molecule has 0 bridgehead atoms. The van der Waals surface area contributed by atoms with Crippen LogP contribution in [0.3, 0.4) is 0 Å². The summed E-state index contributed by atoms with van der Waals surface area (Å²) >= 11 is 1.93. The van der Waals surface area contributed by atoms with Crippen molar-refractivity contribution in [3.63, 3.8) is 0 Å². The summed E-state index contributed by atoms with van der Waals surface area (Å²) in [5.74, 6) is 2.36. The topological polar surface area (TPSA) is 46.3 Å². The van der Waals surface area contributed by atoms with Crippen molar-refractivity contribution in [1.29, 1.82) is 0 Å².